The molecule has 0 saturated carbocycles. The van der Waals surface area contributed by atoms with E-state index in [0.717, 1.165) is 37.2 Å². The highest BCUT2D eigenvalue weighted by atomic mass is 35.5. The predicted molar refractivity (Wildman–Crippen MR) is 124 cm³/mol. The lowest BCUT2D eigenvalue weighted by Crippen LogP contribution is -2.45. The molecule has 2 aliphatic rings. The van der Waals surface area contributed by atoms with Crippen LogP contribution in [-0.2, 0) is 0 Å². The van der Waals surface area contributed by atoms with E-state index in [9.17, 15) is 4.79 Å². The number of hydrogen-bond donors (Lipinski definition) is 0. The van der Waals surface area contributed by atoms with Gasteiger partial charge in [-0.3, -0.25) is 4.79 Å². The third-order valence-corrected chi connectivity index (χ3v) is 6.74. The van der Waals surface area contributed by atoms with Crippen LogP contribution in [0.3, 0.4) is 0 Å². The van der Waals surface area contributed by atoms with Crippen molar-refractivity contribution in [3.63, 3.8) is 0 Å². The van der Waals surface area contributed by atoms with Gasteiger partial charge in [-0.1, -0.05) is 41.9 Å². The second-order valence-electron chi connectivity index (χ2n) is 8.44. The molecule has 3 aromatic rings. The Morgan fingerprint density at radius 1 is 0.903 bits per heavy atom. The van der Waals surface area contributed by atoms with Gasteiger partial charge in [0.05, 0.1) is 11.3 Å². The van der Waals surface area contributed by atoms with Crippen LogP contribution in [0.2, 0.25) is 5.02 Å². The minimum absolute atomic E-state index is 0.0620. The quantitative estimate of drug-likeness (QED) is 0.586. The average Bonchev–Trinajstić information content (AvgIpc) is 3.51. The normalized spacial score (nSPS) is 17.9. The molecule has 1 aromatic heterocycles. The van der Waals surface area contributed by atoms with Crippen molar-refractivity contribution in [1.29, 1.82) is 0 Å². The van der Waals surface area contributed by atoms with Crippen LogP contribution >= 0.6 is 11.6 Å². The molecular formula is C25H27ClN4O. The molecule has 2 fully saturated rings. The van der Waals surface area contributed by atoms with Gasteiger partial charge < -0.3 is 9.80 Å². The number of benzene rings is 2. The fourth-order valence-corrected chi connectivity index (χ4v) is 4.90. The second-order valence-corrected chi connectivity index (χ2v) is 8.88. The second kappa shape index (κ2) is 8.85. The summed E-state index contributed by atoms with van der Waals surface area (Å²) in [6.07, 6.45) is 6.59. The first-order valence-electron chi connectivity index (χ1n) is 11.1. The van der Waals surface area contributed by atoms with Crippen molar-refractivity contribution in [2.75, 3.05) is 26.2 Å². The summed E-state index contributed by atoms with van der Waals surface area (Å²) in [6, 6.07) is 18.1. The molecule has 1 amide bonds. The van der Waals surface area contributed by atoms with Crippen LogP contribution in [0, 0.1) is 0 Å². The molecule has 5 nitrogen and oxygen atoms in total. The molecule has 0 N–H and O–H groups in total. The minimum Gasteiger partial charge on any atom is -0.338 e. The summed E-state index contributed by atoms with van der Waals surface area (Å²) in [5.41, 5.74) is 3.18. The summed E-state index contributed by atoms with van der Waals surface area (Å²) >= 11 is 6.09. The van der Waals surface area contributed by atoms with Gasteiger partial charge in [-0.25, -0.2) is 4.68 Å². The van der Waals surface area contributed by atoms with Gasteiger partial charge in [0.25, 0.3) is 5.91 Å². The zero-order valence-electron chi connectivity index (χ0n) is 17.6. The van der Waals surface area contributed by atoms with Gasteiger partial charge in [-0.05, 0) is 63.0 Å². The Morgan fingerprint density at radius 3 is 2.26 bits per heavy atom. The largest absolute Gasteiger partial charge is 0.338 e. The molecule has 0 bridgehead atoms. The number of halogens is 1. The van der Waals surface area contributed by atoms with E-state index in [1.165, 1.54) is 25.9 Å². The zero-order valence-corrected chi connectivity index (χ0v) is 18.3. The number of amides is 1. The molecular weight excluding hydrogens is 408 g/mol. The van der Waals surface area contributed by atoms with Gasteiger partial charge in [-0.15, -0.1) is 0 Å². The van der Waals surface area contributed by atoms with Crippen LogP contribution in [0.5, 0.6) is 0 Å². The van der Waals surface area contributed by atoms with E-state index >= 15 is 0 Å². The Labute approximate surface area is 188 Å². The smallest absolute Gasteiger partial charge is 0.257 e. The molecule has 160 valence electrons. The molecule has 0 aliphatic carbocycles. The Morgan fingerprint density at radius 2 is 1.58 bits per heavy atom. The number of para-hydroxylation sites is 1. The van der Waals surface area contributed by atoms with Gasteiger partial charge in [-0.2, -0.15) is 5.10 Å². The highest BCUT2D eigenvalue weighted by Crippen LogP contribution is 2.28. The molecule has 0 atom stereocenters. The lowest BCUT2D eigenvalue weighted by atomic mass is 10.0. The molecule has 5 rings (SSSR count). The fraction of sp³-hybridized carbons (Fsp3) is 0.360. The lowest BCUT2D eigenvalue weighted by Gasteiger charge is -2.36. The van der Waals surface area contributed by atoms with Gasteiger partial charge in [0.2, 0.25) is 0 Å². The van der Waals surface area contributed by atoms with Crippen molar-refractivity contribution in [3.05, 3.63) is 71.4 Å². The van der Waals surface area contributed by atoms with Gasteiger partial charge in [0.15, 0.2) is 0 Å². The number of hydrogen-bond acceptors (Lipinski definition) is 3. The van der Waals surface area contributed by atoms with Crippen LogP contribution in [-0.4, -0.2) is 57.7 Å². The highest BCUT2D eigenvalue weighted by Gasteiger charge is 2.30. The van der Waals surface area contributed by atoms with Crippen LogP contribution in [0.15, 0.2) is 60.8 Å². The van der Waals surface area contributed by atoms with E-state index < -0.39 is 0 Å². The van der Waals surface area contributed by atoms with Crippen LogP contribution in [0.25, 0.3) is 16.9 Å². The van der Waals surface area contributed by atoms with Crippen molar-refractivity contribution < 1.29 is 4.79 Å². The van der Waals surface area contributed by atoms with Crippen molar-refractivity contribution in [3.8, 4) is 16.9 Å². The number of piperidine rings is 1. The van der Waals surface area contributed by atoms with Crippen LogP contribution in [0.1, 0.15) is 36.0 Å². The van der Waals surface area contributed by atoms with Gasteiger partial charge in [0, 0.05) is 35.9 Å². The van der Waals surface area contributed by atoms with Crippen LogP contribution in [0.4, 0.5) is 0 Å². The van der Waals surface area contributed by atoms with Gasteiger partial charge in [0.1, 0.15) is 5.69 Å². The maximum Gasteiger partial charge on any atom is 0.257 e. The Kier molecular flexibility index (Phi) is 5.79. The zero-order chi connectivity index (χ0) is 21.2. The predicted octanol–water partition coefficient (Wildman–Crippen LogP) is 4.89. The molecule has 2 aliphatic heterocycles. The molecule has 6 heteroatoms. The van der Waals surface area contributed by atoms with Crippen molar-refractivity contribution >= 4 is 17.5 Å². The number of rotatable bonds is 4. The standard InChI is InChI=1S/C25H27ClN4O/c26-20-10-8-19(9-11-20)24-23(18-30(27-24)22-6-2-1-3-7-22)25(31)29-16-12-21(13-17-29)28-14-4-5-15-28/h1-3,6-11,18,21H,4-5,12-17H2. The Hall–Kier alpha value is -2.63. The maximum atomic E-state index is 13.6. The van der Waals surface area contributed by atoms with E-state index in [-0.39, 0.29) is 5.91 Å². The molecule has 31 heavy (non-hydrogen) atoms. The summed E-state index contributed by atoms with van der Waals surface area (Å²) in [5, 5.41) is 5.46. The third-order valence-electron chi connectivity index (χ3n) is 6.49. The first kappa shape index (κ1) is 20.3. The molecule has 2 saturated heterocycles. The minimum atomic E-state index is 0.0620. The summed E-state index contributed by atoms with van der Waals surface area (Å²) in [5.74, 6) is 0.0620. The van der Waals surface area contributed by atoms with Crippen molar-refractivity contribution in [1.82, 2.24) is 19.6 Å². The van der Waals surface area contributed by atoms with Gasteiger partial charge >= 0.3 is 0 Å². The first-order valence-corrected chi connectivity index (χ1v) is 11.5. The van der Waals surface area contributed by atoms with E-state index in [1.807, 2.05) is 65.7 Å². The summed E-state index contributed by atoms with van der Waals surface area (Å²) in [7, 11) is 0. The topological polar surface area (TPSA) is 41.4 Å². The van der Waals surface area contributed by atoms with E-state index in [2.05, 4.69) is 4.90 Å². The third kappa shape index (κ3) is 4.25. The number of nitrogens with zero attached hydrogens (tertiary/aromatic N) is 4. The lowest BCUT2D eigenvalue weighted by molar-refractivity contribution is 0.0645. The van der Waals surface area contributed by atoms with E-state index in [0.29, 0.717) is 22.3 Å². The van der Waals surface area contributed by atoms with Crippen molar-refractivity contribution in [2.45, 2.75) is 31.7 Å². The van der Waals surface area contributed by atoms with E-state index in [4.69, 9.17) is 16.7 Å². The molecule has 2 aromatic carbocycles. The van der Waals surface area contributed by atoms with Crippen molar-refractivity contribution in [2.24, 2.45) is 0 Å². The van der Waals surface area contributed by atoms with E-state index in [1.54, 1.807) is 4.68 Å². The number of likely N-dealkylation sites (tertiary alicyclic amines) is 2. The number of carbonyl (C=O) groups is 1. The fourth-order valence-electron chi connectivity index (χ4n) is 4.78. The maximum absolute atomic E-state index is 13.6. The molecule has 0 radical (unpaired) electrons. The number of carbonyl (C=O) groups excluding carboxylic acids is 1. The number of aromatic nitrogens is 2. The Bertz CT molecular complexity index is 1030. The Balaban J connectivity index is 1.42. The van der Waals surface area contributed by atoms with Crippen LogP contribution < -0.4 is 0 Å². The molecule has 0 unspecified atom stereocenters. The molecule has 0 spiro atoms. The summed E-state index contributed by atoms with van der Waals surface area (Å²) in [4.78, 5) is 18.2. The molecule has 3 heterocycles. The SMILES string of the molecule is O=C(c1cn(-c2ccccc2)nc1-c1ccc(Cl)cc1)N1CCC(N2CCCC2)CC1. The average molecular weight is 435 g/mol. The summed E-state index contributed by atoms with van der Waals surface area (Å²) < 4.78 is 1.80. The summed E-state index contributed by atoms with van der Waals surface area (Å²) in [6.45, 7) is 4.03. The monoisotopic (exact) mass is 434 g/mol. The first-order chi connectivity index (χ1) is 15.2. The highest BCUT2D eigenvalue weighted by molar-refractivity contribution is 6.30.